The number of aliphatic carboxylic acids is 1. The zero-order valence-electron chi connectivity index (χ0n) is 8.17. The Bertz CT molecular complexity index is 389. The summed E-state index contributed by atoms with van der Waals surface area (Å²) in [6, 6.07) is 5.77. The lowest BCUT2D eigenvalue weighted by Gasteiger charge is -2.14. The Hall–Kier alpha value is -2.04. The number of carboxylic acids is 1. The van der Waals surface area contributed by atoms with Gasteiger partial charge in [-0.1, -0.05) is 6.07 Å². The van der Waals surface area contributed by atoms with Gasteiger partial charge in [-0.25, -0.2) is 0 Å². The maximum absolute atomic E-state index is 11.6. The van der Waals surface area contributed by atoms with E-state index in [2.05, 4.69) is 0 Å². The van der Waals surface area contributed by atoms with E-state index < -0.39 is 11.9 Å². The van der Waals surface area contributed by atoms with Crippen molar-refractivity contribution in [3.05, 3.63) is 29.8 Å². The van der Waals surface area contributed by atoms with E-state index in [1.54, 1.807) is 0 Å². The van der Waals surface area contributed by atoms with E-state index >= 15 is 0 Å². The predicted octanol–water partition coefficient (Wildman–Crippen LogP) is 0.549. The molecule has 0 aliphatic carbocycles. The molecule has 5 heteroatoms. The third-order valence-corrected chi connectivity index (χ3v) is 1.81. The minimum atomic E-state index is -1.08. The van der Waals surface area contributed by atoms with Crippen molar-refractivity contribution >= 4 is 11.9 Å². The van der Waals surface area contributed by atoms with Crippen molar-refractivity contribution in [2.75, 3.05) is 13.6 Å². The van der Waals surface area contributed by atoms with Crippen LogP contribution in [0.4, 0.5) is 0 Å². The molecular formula is C10H11NO4. The van der Waals surface area contributed by atoms with Gasteiger partial charge < -0.3 is 15.1 Å². The minimum Gasteiger partial charge on any atom is -0.508 e. The van der Waals surface area contributed by atoms with Crippen LogP contribution in [0.2, 0.25) is 0 Å². The van der Waals surface area contributed by atoms with Crippen molar-refractivity contribution in [2.45, 2.75) is 0 Å². The fourth-order valence-corrected chi connectivity index (χ4v) is 1.13. The highest BCUT2D eigenvalue weighted by atomic mass is 16.4. The molecule has 0 spiro atoms. The molecule has 1 aromatic rings. The number of phenolic OH excluding ortho intramolecular Hbond substituents is 1. The van der Waals surface area contributed by atoms with E-state index in [-0.39, 0.29) is 17.9 Å². The van der Waals surface area contributed by atoms with Gasteiger partial charge in [-0.05, 0) is 18.2 Å². The molecule has 5 nitrogen and oxygen atoms in total. The molecule has 0 saturated heterocycles. The average molecular weight is 209 g/mol. The van der Waals surface area contributed by atoms with Crippen LogP contribution in [0.25, 0.3) is 0 Å². The van der Waals surface area contributed by atoms with Crippen molar-refractivity contribution in [3.8, 4) is 5.75 Å². The van der Waals surface area contributed by atoms with E-state index in [1.807, 2.05) is 0 Å². The third kappa shape index (κ3) is 2.98. The summed E-state index contributed by atoms with van der Waals surface area (Å²) in [7, 11) is 1.39. The summed E-state index contributed by atoms with van der Waals surface area (Å²) in [5.74, 6) is -1.54. The number of carbonyl (C=O) groups is 2. The van der Waals surface area contributed by atoms with E-state index in [4.69, 9.17) is 10.2 Å². The summed E-state index contributed by atoms with van der Waals surface area (Å²) in [6.45, 7) is -0.367. The Labute approximate surface area is 86.6 Å². The molecule has 0 radical (unpaired) electrons. The van der Waals surface area contributed by atoms with E-state index in [1.165, 1.54) is 31.3 Å². The molecule has 1 aromatic carbocycles. The fourth-order valence-electron chi connectivity index (χ4n) is 1.13. The molecular weight excluding hydrogens is 198 g/mol. The third-order valence-electron chi connectivity index (χ3n) is 1.81. The number of rotatable bonds is 3. The highest BCUT2D eigenvalue weighted by Gasteiger charge is 2.14. The smallest absolute Gasteiger partial charge is 0.323 e. The Balaban J connectivity index is 2.80. The van der Waals surface area contributed by atoms with Crippen LogP contribution in [0.3, 0.4) is 0 Å². The standard InChI is InChI=1S/C10H11NO4/c1-11(6-9(13)14)10(15)7-3-2-4-8(12)5-7/h2-5,12H,6H2,1H3,(H,13,14). The van der Waals surface area contributed by atoms with Gasteiger partial charge in [0.25, 0.3) is 5.91 Å². The first-order chi connectivity index (χ1) is 7.00. The first-order valence-corrected chi connectivity index (χ1v) is 4.27. The molecule has 1 amide bonds. The van der Waals surface area contributed by atoms with Crippen molar-refractivity contribution in [1.82, 2.24) is 4.90 Å². The molecule has 0 fully saturated rings. The number of likely N-dealkylation sites (N-methyl/N-ethyl adjacent to an activating group) is 1. The summed E-state index contributed by atoms with van der Waals surface area (Å²) in [5.41, 5.74) is 0.263. The first-order valence-electron chi connectivity index (χ1n) is 4.27. The van der Waals surface area contributed by atoms with Gasteiger partial charge in [-0.2, -0.15) is 0 Å². The minimum absolute atomic E-state index is 0.0235. The number of nitrogens with zero attached hydrogens (tertiary/aromatic N) is 1. The van der Waals surface area contributed by atoms with Crippen LogP contribution in [0.15, 0.2) is 24.3 Å². The average Bonchev–Trinajstić information content (AvgIpc) is 2.15. The molecule has 0 aromatic heterocycles. The second kappa shape index (κ2) is 4.45. The largest absolute Gasteiger partial charge is 0.508 e. The Morgan fingerprint density at radius 2 is 2.07 bits per heavy atom. The molecule has 0 aliphatic heterocycles. The monoisotopic (exact) mass is 209 g/mol. The SMILES string of the molecule is CN(CC(=O)O)C(=O)c1cccc(O)c1. The molecule has 1 rings (SSSR count). The molecule has 0 saturated carbocycles. The number of benzene rings is 1. The Morgan fingerprint density at radius 1 is 1.40 bits per heavy atom. The van der Waals surface area contributed by atoms with E-state index in [0.717, 1.165) is 4.90 Å². The molecule has 0 unspecified atom stereocenters. The molecule has 0 bridgehead atoms. The number of hydrogen-bond acceptors (Lipinski definition) is 3. The van der Waals surface area contributed by atoms with Gasteiger partial charge in [-0.15, -0.1) is 0 Å². The van der Waals surface area contributed by atoms with Crippen LogP contribution in [0.5, 0.6) is 5.75 Å². The Morgan fingerprint density at radius 3 is 2.60 bits per heavy atom. The summed E-state index contributed by atoms with van der Waals surface area (Å²) in [5, 5.41) is 17.6. The molecule has 2 N–H and O–H groups in total. The van der Waals surface area contributed by atoms with E-state index in [0.29, 0.717) is 0 Å². The van der Waals surface area contributed by atoms with Crippen LogP contribution in [0.1, 0.15) is 10.4 Å². The number of carbonyl (C=O) groups excluding carboxylic acids is 1. The second-order valence-electron chi connectivity index (χ2n) is 3.11. The lowest BCUT2D eigenvalue weighted by atomic mass is 10.2. The second-order valence-corrected chi connectivity index (χ2v) is 3.11. The highest BCUT2D eigenvalue weighted by Crippen LogP contribution is 2.12. The van der Waals surface area contributed by atoms with Crippen LogP contribution < -0.4 is 0 Å². The fraction of sp³-hybridized carbons (Fsp3) is 0.200. The molecule has 80 valence electrons. The van der Waals surface area contributed by atoms with Gasteiger partial charge in [0, 0.05) is 12.6 Å². The maximum atomic E-state index is 11.6. The molecule has 0 aliphatic rings. The summed E-state index contributed by atoms with van der Waals surface area (Å²) < 4.78 is 0. The van der Waals surface area contributed by atoms with Gasteiger partial charge in [0.1, 0.15) is 12.3 Å². The van der Waals surface area contributed by atoms with E-state index in [9.17, 15) is 9.59 Å². The van der Waals surface area contributed by atoms with Gasteiger partial charge in [0.15, 0.2) is 0 Å². The predicted molar refractivity (Wildman–Crippen MR) is 52.7 cm³/mol. The zero-order chi connectivity index (χ0) is 11.4. The van der Waals surface area contributed by atoms with Crippen LogP contribution in [-0.4, -0.2) is 40.6 Å². The van der Waals surface area contributed by atoms with Crippen molar-refractivity contribution in [2.24, 2.45) is 0 Å². The van der Waals surface area contributed by atoms with Gasteiger partial charge in [0.2, 0.25) is 0 Å². The number of aromatic hydroxyl groups is 1. The number of hydrogen-bond donors (Lipinski definition) is 2. The van der Waals surface area contributed by atoms with Crippen LogP contribution >= 0.6 is 0 Å². The zero-order valence-corrected chi connectivity index (χ0v) is 8.17. The van der Waals surface area contributed by atoms with Crippen LogP contribution in [-0.2, 0) is 4.79 Å². The Kier molecular flexibility index (Phi) is 3.28. The first kappa shape index (κ1) is 11.0. The topological polar surface area (TPSA) is 77.8 Å². The summed E-state index contributed by atoms with van der Waals surface area (Å²) in [6.07, 6.45) is 0. The number of amides is 1. The maximum Gasteiger partial charge on any atom is 0.323 e. The van der Waals surface area contributed by atoms with Crippen LogP contribution in [0, 0.1) is 0 Å². The summed E-state index contributed by atoms with van der Waals surface area (Å²) >= 11 is 0. The molecule has 0 atom stereocenters. The quantitative estimate of drug-likeness (QED) is 0.762. The van der Waals surface area contributed by atoms with Gasteiger partial charge in [0.05, 0.1) is 0 Å². The number of phenols is 1. The normalized spacial score (nSPS) is 9.67. The van der Waals surface area contributed by atoms with Crippen molar-refractivity contribution < 1.29 is 19.8 Å². The van der Waals surface area contributed by atoms with Gasteiger partial charge in [-0.3, -0.25) is 9.59 Å². The van der Waals surface area contributed by atoms with Crippen molar-refractivity contribution in [3.63, 3.8) is 0 Å². The van der Waals surface area contributed by atoms with Gasteiger partial charge >= 0.3 is 5.97 Å². The summed E-state index contributed by atoms with van der Waals surface area (Å²) in [4.78, 5) is 23.0. The molecule has 0 heterocycles. The molecule has 15 heavy (non-hydrogen) atoms. The lowest BCUT2D eigenvalue weighted by Crippen LogP contribution is -2.31. The van der Waals surface area contributed by atoms with Crippen molar-refractivity contribution in [1.29, 1.82) is 0 Å². The highest BCUT2D eigenvalue weighted by molar-refractivity contribution is 5.95. The lowest BCUT2D eigenvalue weighted by molar-refractivity contribution is -0.137. The number of carboxylic acid groups (broad SMARTS) is 1.